The van der Waals surface area contributed by atoms with Crippen LogP contribution in [-0.4, -0.2) is 16.8 Å². The number of anilines is 1. The molecule has 3 N–H and O–H groups in total. The first-order chi connectivity index (χ1) is 13.7. The van der Waals surface area contributed by atoms with Gasteiger partial charge in [0.2, 0.25) is 11.8 Å². The van der Waals surface area contributed by atoms with Crippen LogP contribution in [0.15, 0.2) is 85.1 Å². The van der Waals surface area contributed by atoms with Crippen molar-refractivity contribution < 1.29 is 9.59 Å². The van der Waals surface area contributed by atoms with E-state index in [9.17, 15) is 9.59 Å². The Labute approximate surface area is 163 Å². The van der Waals surface area contributed by atoms with E-state index in [2.05, 4.69) is 21.2 Å². The van der Waals surface area contributed by atoms with Crippen LogP contribution in [0.25, 0.3) is 0 Å². The average molecular weight is 372 g/mol. The zero-order chi connectivity index (χ0) is 19.3. The Balaban J connectivity index is 1.73. The van der Waals surface area contributed by atoms with Gasteiger partial charge in [-0.05, 0) is 23.3 Å². The van der Waals surface area contributed by atoms with Crippen LogP contribution in [0.5, 0.6) is 0 Å². The molecular weight excluding hydrogens is 352 g/mol. The van der Waals surface area contributed by atoms with Crippen molar-refractivity contribution in [2.24, 2.45) is 5.92 Å². The minimum Gasteiger partial charge on any atom is -0.310 e. The number of carbonyl (C=O) groups is 2. The van der Waals surface area contributed by atoms with Crippen molar-refractivity contribution in [3.63, 3.8) is 0 Å². The summed E-state index contributed by atoms with van der Waals surface area (Å²) < 4.78 is 0. The molecule has 1 saturated heterocycles. The first kappa shape index (κ1) is 17.9. The summed E-state index contributed by atoms with van der Waals surface area (Å²) in [6.45, 7) is 0. The lowest BCUT2D eigenvalue weighted by Crippen LogP contribution is -2.56. The van der Waals surface area contributed by atoms with E-state index < -0.39 is 5.92 Å². The van der Waals surface area contributed by atoms with Crippen LogP contribution in [0.3, 0.4) is 0 Å². The largest absolute Gasteiger partial charge is 0.310 e. The van der Waals surface area contributed by atoms with Crippen LogP contribution in [0.2, 0.25) is 0 Å². The average Bonchev–Trinajstić information content (AvgIpc) is 2.75. The van der Waals surface area contributed by atoms with Crippen molar-refractivity contribution in [1.29, 1.82) is 0 Å². The summed E-state index contributed by atoms with van der Waals surface area (Å²) in [5, 5.41) is 2.78. The highest BCUT2D eigenvalue weighted by Gasteiger charge is 2.44. The third-order valence-corrected chi connectivity index (χ3v) is 4.89. The summed E-state index contributed by atoms with van der Waals surface area (Å²) in [4.78, 5) is 30.0. The van der Waals surface area contributed by atoms with Crippen molar-refractivity contribution in [3.8, 4) is 0 Å². The van der Waals surface area contributed by atoms with Crippen molar-refractivity contribution >= 4 is 17.6 Å². The van der Waals surface area contributed by atoms with Gasteiger partial charge in [0.1, 0.15) is 11.7 Å². The van der Waals surface area contributed by atoms with E-state index in [0.717, 1.165) is 11.1 Å². The quantitative estimate of drug-likeness (QED) is 0.615. The number of benzene rings is 2. The highest BCUT2D eigenvalue weighted by atomic mass is 16.2. The second-order valence-electron chi connectivity index (χ2n) is 6.64. The molecule has 6 nitrogen and oxygen atoms in total. The maximum absolute atomic E-state index is 13.1. The molecule has 0 radical (unpaired) electrons. The summed E-state index contributed by atoms with van der Waals surface area (Å²) in [5.41, 5.74) is 7.67. The monoisotopic (exact) mass is 372 g/mol. The van der Waals surface area contributed by atoms with Gasteiger partial charge >= 0.3 is 0 Å². The number of nitrogens with one attached hydrogen (secondary N) is 3. The predicted octanol–water partition coefficient (Wildman–Crippen LogP) is 2.80. The Hall–Kier alpha value is -3.51. The third kappa shape index (κ3) is 3.63. The van der Waals surface area contributed by atoms with Crippen LogP contribution >= 0.6 is 0 Å². The maximum Gasteiger partial charge on any atom is 0.247 e. The Morgan fingerprint density at radius 2 is 1.50 bits per heavy atom. The van der Waals surface area contributed by atoms with Gasteiger partial charge < -0.3 is 5.32 Å². The first-order valence-corrected chi connectivity index (χ1v) is 9.11. The number of hydrogen-bond acceptors (Lipinski definition) is 4. The molecule has 2 heterocycles. The smallest absolute Gasteiger partial charge is 0.247 e. The number of pyridine rings is 1. The van der Waals surface area contributed by atoms with Gasteiger partial charge in [0.15, 0.2) is 0 Å². The lowest BCUT2D eigenvalue weighted by Gasteiger charge is -2.38. The number of carbonyl (C=O) groups excluding carboxylic acids is 2. The molecule has 2 aromatic carbocycles. The molecule has 3 unspecified atom stereocenters. The van der Waals surface area contributed by atoms with Crippen molar-refractivity contribution in [2.75, 3.05) is 5.32 Å². The number of aromatic nitrogens is 1. The number of nitrogens with zero attached hydrogens (tertiary/aromatic N) is 1. The number of hydrazine groups is 1. The van der Waals surface area contributed by atoms with Gasteiger partial charge in [-0.2, -0.15) is 0 Å². The second kappa shape index (κ2) is 8.02. The molecule has 6 heteroatoms. The molecule has 0 bridgehead atoms. The fraction of sp³-hybridized carbons (Fsp3) is 0.136. The number of amides is 2. The predicted molar refractivity (Wildman–Crippen MR) is 106 cm³/mol. The molecule has 1 aliphatic rings. The fourth-order valence-corrected chi connectivity index (χ4v) is 3.61. The standard InChI is InChI=1S/C22H20N4O2/c27-21(24-17-13-7-8-14-23-17)19-18(15-9-3-1-4-10-15)20(25-26-22(19)28)16-11-5-2-6-12-16/h1-14,18-20,25H,(H,26,28)(H,23,24,27). The van der Waals surface area contributed by atoms with Gasteiger partial charge in [-0.25, -0.2) is 10.4 Å². The molecule has 1 fully saturated rings. The molecule has 0 saturated carbocycles. The van der Waals surface area contributed by atoms with Crippen molar-refractivity contribution in [1.82, 2.24) is 15.8 Å². The SMILES string of the molecule is O=C1NNC(c2ccccc2)C(c2ccccc2)C1C(=O)Nc1ccccn1. The first-order valence-electron chi connectivity index (χ1n) is 9.11. The molecule has 4 rings (SSSR count). The Bertz CT molecular complexity index is 948. The number of hydrogen-bond donors (Lipinski definition) is 3. The normalized spacial score (nSPS) is 21.6. The Kier molecular flexibility index (Phi) is 5.12. The zero-order valence-electron chi connectivity index (χ0n) is 15.1. The van der Waals surface area contributed by atoms with Crippen LogP contribution in [0.4, 0.5) is 5.82 Å². The van der Waals surface area contributed by atoms with E-state index >= 15 is 0 Å². The highest BCUT2D eigenvalue weighted by Crippen LogP contribution is 2.39. The van der Waals surface area contributed by atoms with E-state index in [1.165, 1.54) is 0 Å². The van der Waals surface area contributed by atoms with E-state index in [0.29, 0.717) is 5.82 Å². The van der Waals surface area contributed by atoms with Crippen LogP contribution in [-0.2, 0) is 9.59 Å². The van der Waals surface area contributed by atoms with Gasteiger partial charge in [-0.1, -0.05) is 66.7 Å². The molecule has 3 aromatic rings. The van der Waals surface area contributed by atoms with Gasteiger partial charge in [0.25, 0.3) is 0 Å². The van der Waals surface area contributed by atoms with Crippen LogP contribution < -0.4 is 16.2 Å². The Morgan fingerprint density at radius 3 is 2.14 bits per heavy atom. The summed E-state index contributed by atoms with van der Waals surface area (Å²) in [6, 6.07) is 24.4. The Morgan fingerprint density at radius 1 is 0.857 bits per heavy atom. The fourth-order valence-electron chi connectivity index (χ4n) is 3.61. The van der Waals surface area contributed by atoms with Gasteiger partial charge in [0.05, 0.1) is 6.04 Å². The summed E-state index contributed by atoms with van der Waals surface area (Å²) in [6.07, 6.45) is 1.60. The van der Waals surface area contributed by atoms with E-state index in [1.54, 1.807) is 24.4 Å². The molecule has 3 atom stereocenters. The molecule has 140 valence electrons. The van der Waals surface area contributed by atoms with Crippen molar-refractivity contribution in [3.05, 3.63) is 96.2 Å². The minimum atomic E-state index is -0.907. The lowest BCUT2D eigenvalue weighted by molar-refractivity contribution is -0.137. The zero-order valence-corrected chi connectivity index (χ0v) is 15.1. The van der Waals surface area contributed by atoms with Crippen molar-refractivity contribution in [2.45, 2.75) is 12.0 Å². The van der Waals surface area contributed by atoms with Gasteiger partial charge in [-0.15, -0.1) is 0 Å². The molecular formula is C22H20N4O2. The highest BCUT2D eigenvalue weighted by molar-refractivity contribution is 6.07. The van der Waals surface area contributed by atoms with Crippen LogP contribution in [0, 0.1) is 5.92 Å². The van der Waals surface area contributed by atoms with Crippen LogP contribution in [0.1, 0.15) is 23.1 Å². The van der Waals surface area contributed by atoms with Gasteiger partial charge in [-0.3, -0.25) is 15.0 Å². The third-order valence-electron chi connectivity index (χ3n) is 4.89. The molecule has 1 aromatic heterocycles. The molecule has 28 heavy (non-hydrogen) atoms. The second-order valence-corrected chi connectivity index (χ2v) is 6.64. The summed E-state index contributed by atoms with van der Waals surface area (Å²) in [5.74, 6) is -1.61. The summed E-state index contributed by atoms with van der Waals surface area (Å²) >= 11 is 0. The van der Waals surface area contributed by atoms with E-state index in [-0.39, 0.29) is 23.8 Å². The topological polar surface area (TPSA) is 83.1 Å². The van der Waals surface area contributed by atoms with Gasteiger partial charge in [0, 0.05) is 12.1 Å². The van der Waals surface area contributed by atoms with E-state index in [4.69, 9.17) is 0 Å². The van der Waals surface area contributed by atoms with E-state index in [1.807, 2.05) is 60.7 Å². The maximum atomic E-state index is 13.1. The summed E-state index contributed by atoms with van der Waals surface area (Å²) in [7, 11) is 0. The lowest BCUT2D eigenvalue weighted by atomic mass is 9.76. The minimum absolute atomic E-state index is 0.249. The number of rotatable bonds is 4. The molecule has 2 amide bonds. The molecule has 0 aliphatic carbocycles. The molecule has 0 spiro atoms. The molecule has 1 aliphatic heterocycles.